The van der Waals surface area contributed by atoms with Crippen LogP contribution >= 0.6 is 0 Å². The van der Waals surface area contributed by atoms with E-state index in [2.05, 4.69) is 9.88 Å². The minimum atomic E-state index is -0.894. The minimum Gasteiger partial charge on any atom is -0.473 e. The summed E-state index contributed by atoms with van der Waals surface area (Å²) in [5.41, 5.74) is 2.43. The van der Waals surface area contributed by atoms with E-state index in [4.69, 9.17) is 9.57 Å². The number of hydrogen-bond acceptors (Lipinski definition) is 6. The fourth-order valence-corrected chi connectivity index (χ4v) is 3.52. The van der Waals surface area contributed by atoms with Crippen molar-refractivity contribution < 1.29 is 24.3 Å². The highest BCUT2D eigenvalue weighted by Gasteiger charge is 2.27. The standard InChI is InChI=1S/C22H28N4O5/c1-15-12-17(21(27)24(3)30-4)8-9-18(15)14-31-20-7-5-6-19(23-20)25-10-11-26(22(28)29)16(2)13-25/h5-9,12,16H,10-11,13-14H2,1-4H3,(H,28,29). The van der Waals surface area contributed by atoms with Gasteiger partial charge < -0.3 is 19.6 Å². The summed E-state index contributed by atoms with van der Waals surface area (Å²) >= 11 is 0. The van der Waals surface area contributed by atoms with Crippen molar-refractivity contribution in [2.45, 2.75) is 26.5 Å². The predicted molar refractivity (Wildman–Crippen MR) is 115 cm³/mol. The van der Waals surface area contributed by atoms with Crippen molar-refractivity contribution >= 4 is 17.8 Å². The average Bonchev–Trinajstić information content (AvgIpc) is 2.77. The van der Waals surface area contributed by atoms with E-state index in [1.807, 2.05) is 38.1 Å². The third kappa shape index (κ3) is 5.24. The van der Waals surface area contributed by atoms with Crippen LogP contribution in [0.3, 0.4) is 0 Å². The number of hydroxylamine groups is 2. The number of benzene rings is 1. The Balaban J connectivity index is 1.64. The molecular weight excluding hydrogens is 400 g/mol. The normalized spacial score (nSPS) is 16.2. The van der Waals surface area contributed by atoms with Gasteiger partial charge in [-0.3, -0.25) is 9.63 Å². The topological polar surface area (TPSA) is 95.4 Å². The molecule has 1 N–H and O–H groups in total. The van der Waals surface area contributed by atoms with Crippen molar-refractivity contribution in [1.29, 1.82) is 0 Å². The lowest BCUT2D eigenvalue weighted by atomic mass is 10.1. The second kappa shape index (κ2) is 9.65. The van der Waals surface area contributed by atoms with Gasteiger partial charge in [-0.05, 0) is 43.2 Å². The number of rotatable bonds is 6. The summed E-state index contributed by atoms with van der Waals surface area (Å²) in [5.74, 6) is 1.03. The van der Waals surface area contributed by atoms with Crippen LogP contribution in [0.4, 0.5) is 10.6 Å². The molecule has 1 aromatic carbocycles. The first kappa shape index (κ1) is 22.4. The zero-order chi connectivity index (χ0) is 22.5. The monoisotopic (exact) mass is 428 g/mol. The molecule has 0 aliphatic carbocycles. The zero-order valence-corrected chi connectivity index (χ0v) is 18.2. The smallest absolute Gasteiger partial charge is 0.407 e. The fourth-order valence-electron chi connectivity index (χ4n) is 3.52. The average molecular weight is 428 g/mol. The van der Waals surface area contributed by atoms with Gasteiger partial charge >= 0.3 is 6.09 Å². The second-order valence-electron chi connectivity index (χ2n) is 7.52. The van der Waals surface area contributed by atoms with Crippen molar-refractivity contribution in [2.75, 3.05) is 38.7 Å². The van der Waals surface area contributed by atoms with E-state index in [1.54, 1.807) is 19.2 Å². The van der Waals surface area contributed by atoms with E-state index < -0.39 is 6.09 Å². The Hall–Kier alpha value is -3.33. The van der Waals surface area contributed by atoms with Gasteiger partial charge in [-0.1, -0.05) is 12.1 Å². The SMILES string of the molecule is CON(C)C(=O)c1ccc(COc2cccc(N3CCN(C(=O)O)C(C)C3)n2)c(C)c1. The largest absolute Gasteiger partial charge is 0.473 e. The maximum absolute atomic E-state index is 12.2. The fraction of sp³-hybridized carbons (Fsp3) is 0.409. The Morgan fingerprint density at radius 2 is 2.03 bits per heavy atom. The molecule has 9 nitrogen and oxygen atoms in total. The molecule has 0 bridgehead atoms. The van der Waals surface area contributed by atoms with Crippen LogP contribution in [0.5, 0.6) is 5.88 Å². The molecule has 1 unspecified atom stereocenters. The number of pyridine rings is 1. The Labute approximate surface area is 181 Å². The first-order valence-corrected chi connectivity index (χ1v) is 10.1. The van der Waals surface area contributed by atoms with Crippen LogP contribution < -0.4 is 9.64 Å². The number of nitrogens with zero attached hydrogens (tertiary/aromatic N) is 4. The van der Waals surface area contributed by atoms with E-state index in [9.17, 15) is 14.7 Å². The van der Waals surface area contributed by atoms with Crippen molar-refractivity contribution in [1.82, 2.24) is 14.9 Å². The minimum absolute atomic E-state index is 0.112. The van der Waals surface area contributed by atoms with E-state index >= 15 is 0 Å². The van der Waals surface area contributed by atoms with Crippen LogP contribution in [-0.2, 0) is 11.4 Å². The van der Waals surface area contributed by atoms with Gasteiger partial charge in [0.25, 0.3) is 5.91 Å². The van der Waals surface area contributed by atoms with Gasteiger partial charge in [0.1, 0.15) is 12.4 Å². The van der Waals surface area contributed by atoms with Crippen LogP contribution in [0, 0.1) is 6.92 Å². The van der Waals surface area contributed by atoms with Crippen molar-refractivity contribution in [2.24, 2.45) is 0 Å². The predicted octanol–water partition coefficient (Wildman–Crippen LogP) is 2.79. The zero-order valence-electron chi connectivity index (χ0n) is 18.2. The number of carbonyl (C=O) groups is 2. The molecule has 3 rings (SSSR count). The molecule has 2 heterocycles. The number of amides is 2. The van der Waals surface area contributed by atoms with Gasteiger partial charge in [0, 0.05) is 44.4 Å². The van der Waals surface area contributed by atoms with E-state index in [1.165, 1.54) is 17.1 Å². The Morgan fingerprint density at radius 1 is 1.26 bits per heavy atom. The third-order valence-corrected chi connectivity index (χ3v) is 5.43. The first-order valence-electron chi connectivity index (χ1n) is 10.1. The summed E-state index contributed by atoms with van der Waals surface area (Å²) in [5, 5.41) is 10.4. The first-order chi connectivity index (χ1) is 14.8. The Kier molecular flexibility index (Phi) is 6.96. The molecule has 0 saturated carbocycles. The summed E-state index contributed by atoms with van der Waals surface area (Å²) in [7, 11) is 3.01. The molecule has 2 amide bonds. The number of ether oxygens (including phenoxy) is 1. The molecule has 1 fully saturated rings. The van der Waals surface area contributed by atoms with Crippen molar-refractivity contribution in [3.63, 3.8) is 0 Å². The van der Waals surface area contributed by atoms with Crippen LogP contribution in [0.25, 0.3) is 0 Å². The van der Waals surface area contributed by atoms with Crippen molar-refractivity contribution in [3.8, 4) is 5.88 Å². The van der Waals surface area contributed by atoms with Gasteiger partial charge in [0.2, 0.25) is 5.88 Å². The van der Waals surface area contributed by atoms with Gasteiger partial charge in [-0.2, -0.15) is 4.98 Å². The van der Waals surface area contributed by atoms with Crippen LogP contribution in [0.15, 0.2) is 36.4 Å². The molecule has 1 aliphatic heterocycles. The molecule has 31 heavy (non-hydrogen) atoms. The molecule has 1 aromatic heterocycles. The molecule has 1 atom stereocenters. The summed E-state index contributed by atoms with van der Waals surface area (Å²) in [6.45, 7) is 5.73. The number of anilines is 1. The summed E-state index contributed by atoms with van der Waals surface area (Å²) in [4.78, 5) is 36.5. The molecule has 0 radical (unpaired) electrons. The van der Waals surface area contributed by atoms with Crippen molar-refractivity contribution in [3.05, 3.63) is 53.1 Å². The van der Waals surface area contributed by atoms with Gasteiger partial charge in [0.05, 0.1) is 7.11 Å². The van der Waals surface area contributed by atoms with E-state index in [0.29, 0.717) is 37.7 Å². The lowest BCUT2D eigenvalue weighted by molar-refractivity contribution is -0.0757. The number of hydrogen-bond donors (Lipinski definition) is 1. The number of carbonyl (C=O) groups excluding carboxylic acids is 1. The second-order valence-corrected chi connectivity index (χ2v) is 7.52. The van der Waals surface area contributed by atoms with E-state index in [-0.39, 0.29) is 11.9 Å². The third-order valence-electron chi connectivity index (χ3n) is 5.43. The molecule has 166 valence electrons. The number of carboxylic acid groups (broad SMARTS) is 1. The van der Waals surface area contributed by atoms with E-state index in [0.717, 1.165) is 16.9 Å². The van der Waals surface area contributed by atoms with Crippen LogP contribution in [0.2, 0.25) is 0 Å². The molecule has 2 aromatic rings. The molecular formula is C22H28N4O5. The molecule has 1 saturated heterocycles. The quantitative estimate of drug-likeness (QED) is 0.707. The highest BCUT2D eigenvalue weighted by molar-refractivity contribution is 5.93. The summed E-state index contributed by atoms with van der Waals surface area (Å²) in [6.07, 6.45) is -0.894. The highest BCUT2D eigenvalue weighted by Crippen LogP contribution is 2.21. The van der Waals surface area contributed by atoms with Crippen LogP contribution in [-0.4, -0.2) is 71.9 Å². The molecule has 0 spiro atoms. The maximum Gasteiger partial charge on any atom is 0.407 e. The van der Waals surface area contributed by atoms with Gasteiger partial charge in [-0.25, -0.2) is 9.86 Å². The number of aryl methyl sites for hydroxylation is 1. The maximum atomic E-state index is 12.2. The Bertz CT molecular complexity index is 951. The van der Waals surface area contributed by atoms with Gasteiger partial charge in [0.15, 0.2) is 0 Å². The lowest BCUT2D eigenvalue weighted by Crippen LogP contribution is -2.53. The number of piperazine rings is 1. The Morgan fingerprint density at radius 3 is 2.68 bits per heavy atom. The molecule has 9 heteroatoms. The highest BCUT2D eigenvalue weighted by atomic mass is 16.7. The summed E-state index contributed by atoms with van der Waals surface area (Å²) < 4.78 is 5.90. The van der Waals surface area contributed by atoms with Gasteiger partial charge in [-0.15, -0.1) is 0 Å². The molecule has 1 aliphatic rings. The number of aromatic nitrogens is 1. The lowest BCUT2D eigenvalue weighted by Gasteiger charge is -2.38. The summed E-state index contributed by atoms with van der Waals surface area (Å²) in [6, 6.07) is 10.9. The van der Waals surface area contributed by atoms with Crippen LogP contribution in [0.1, 0.15) is 28.4 Å².